The summed E-state index contributed by atoms with van der Waals surface area (Å²) in [5, 5.41) is 11.8. The van der Waals surface area contributed by atoms with Gasteiger partial charge in [-0.3, -0.25) is 0 Å². The number of nitrogens with zero attached hydrogens (tertiary/aromatic N) is 4. The van der Waals surface area contributed by atoms with Crippen LogP contribution >= 0.6 is 35.3 Å². The molecule has 0 amide bonds. The normalized spacial score (nSPS) is 12.1. The zero-order valence-electron chi connectivity index (χ0n) is 18.7. The molecule has 0 fully saturated rings. The number of aryl methyl sites for hydroxylation is 1. The van der Waals surface area contributed by atoms with E-state index in [-0.39, 0.29) is 36.0 Å². The fourth-order valence-electron chi connectivity index (χ4n) is 3.02. The average Bonchev–Trinajstić information content (AvgIpc) is 3.42. The summed E-state index contributed by atoms with van der Waals surface area (Å²) in [5.74, 6) is 0.350. The van der Waals surface area contributed by atoms with Crippen LogP contribution in [0.4, 0.5) is 0 Å². The number of aliphatic imine (C=N–C) groups is 1. The van der Waals surface area contributed by atoms with E-state index in [0.29, 0.717) is 29.7 Å². The van der Waals surface area contributed by atoms with E-state index in [2.05, 4.69) is 20.7 Å². The Morgan fingerprint density at radius 3 is 2.75 bits per heavy atom. The highest BCUT2D eigenvalue weighted by Crippen LogP contribution is 2.24. The minimum atomic E-state index is -0.327. The number of para-hydroxylation sites is 1. The molecule has 10 heteroatoms. The van der Waals surface area contributed by atoms with Gasteiger partial charge in [0.2, 0.25) is 0 Å². The first-order valence-electron chi connectivity index (χ1n) is 10.3. The third-order valence-corrected chi connectivity index (χ3v) is 5.81. The second-order valence-corrected chi connectivity index (χ2v) is 7.86. The molecule has 2 N–H and O–H groups in total. The van der Waals surface area contributed by atoms with Crippen LogP contribution in [-0.4, -0.2) is 39.8 Å². The highest BCUT2D eigenvalue weighted by molar-refractivity contribution is 14.0. The van der Waals surface area contributed by atoms with Gasteiger partial charge in [0.1, 0.15) is 9.88 Å². The Kier molecular flexibility index (Phi) is 10.1. The van der Waals surface area contributed by atoms with Gasteiger partial charge in [-0.1, -0.05) is 18.2 Å². The second-order valence-electron chi connectivity index (χ2n) is 6.83. The molecule has 3 aromatic rings. The summed E-state index contributed by atoms with van der Waals surface area (Å²) in [4.78, 5) is 21.9. The van der Waals surface area contributed by atoms with Crippen LogP contribution in [0.25, 0.3) is 5.69 Å². The number of hydrogen-bond acceptors (Lipinski definition) is 6. The van der Waals surface area contributed by atoms with Crippen molar-refractivity contribution in [1.29, 1.82) is 0 Å². The van der Waals surface area contributed by atoms with E-state index >= 15 is 0 Å². The van der Waals surface area contributed by atoms with Gasteiger partial charge in [-0.15, -0.1) is 35.3 Å². The van der Waals surface area contributed by atoms with E-state index in [9.17, 15) is 4.79 Å². The Balaban J connectivity index is 0.00000363. The van der Waals surface area contributed by atoms with Crippen LogP contribution in [-0.2, 0) is 11.3 Å². The van der Waals surface area contributed by atoms with Gasteiger partial charge in [0.25, 0.3) is 0 Å². The molecule has 1 unspecified atom stereocenters. The summed E-state index contributed by atoms with van der Waals surface area (Å²) in [6.07, 6.45) is 3.67. The Morgan fingerprint density at radius 1 is 1.28 bits per heavy atom. The molecule has 8 nitrogen and oxygen atoms in total. The van der Waals surface area contributed by atoms with E-state index in [4.69, 9.17) is 9.73 Å². The van der Waals surface area contributed by atoms with E-state index < -0.39 is 0 Å². The molecular formula is C22H29IN6O2S. The van der Waals surface area contributed by atoms with Crippen LogP contribution in [0.1, 0.15) is 52.7 Å². The summed E-state index contributed by atoms with van der Waals surface area (Å²) >= 11 is 1.35. The summed E-state index contributed by atoms with van der Waals surface area (Å²) in [6.45, 7) is 9.20. The topological polar surface area (TPSA) is 93.4 Å². The van der Waals surface area contributed by atoms with Crippen LogP contribution in [0.3, 0.4) is 0 Å². The van der Waals surface area contributed by atoms with Crippen molar-refractivity contribution in [3.8, 4) is 5.69 Å². The van der Waals surface area contributed by atoms with Crippen LogP contribution in [0.2, 0.25) is 0 Å². The van der Waals surface area contributed by atoms with Crippen molar-refractivity contribution in [1.82, 2.24) is 25.4 Å². The van der Waals surface area contributed by atoms with E-state index in [1.807, 2.05) is 62.0 Å². The van der Waals surface area contributed by atoms with E-state index in [1.54, 1.807) is 13.1 Å². The monoisotopic (exact) mass is 568 g/mol. The third-order valence-electron chi connectivity index (χ3n) is 4.49. The molecule has 0 saturated heterocycles. The third kappa shape index (κ3) is 6.52. The van der Waals surface area contributed by atoms with Crippen molar-refractivity contribution in [3.05, 3.63) is 63.9 Å². The molecule has 0 spiro atoms. The number of hydrogen-bond donors (Lipinski definition) is 2. The summed E-state index contributed by atoms with van der Waals surface area (Å²) in [5.41, 5.74) is 2.74. The number of benzene rings is 1. The molecule has 1 atom stereocenters. The number of aromatic nitrogens is 3. The molecule has 0 radical (unpaired) electrons. The number of rotatable bonds is 8. The minimum absolute atomic E-state index is 0. The van der Waals surface area contributed by atoms with Crippen LogP contribution < -0.4 is 10.6 Å². The van der Waals surface area contributed by atoms with Crippen molar-refractivity contribution >= 4 is 47.2 Å². The highest BCUT2D eigenvalue weighted by Gasteiger charge is 2.20. The maximum Gasteiger partial charge on any atom is 0.350 e. The lowest BCUT2D eigenvalue weighted by Crippen LogP contribution is -2.38. The van der Waals surface area contributed by atoms with E-state index in [1.165, 1.54) is 11.3 Å². The molecule has 0 aliphatic carbocycles. The Bertz CT molecular complexity index is 1030. The number of esters is 1. The molecule has 172 valence electrons. The Hall–Kier alpha value is -2.47. The van der Waals surface area contributed by atoms with Gasteiger partial charge < -0.3 is 15.4 Å². The molecule has 0 aliphatic heterocycles. The number of carbonyl (C=O) groups is 1. The first-order valence-corrected chi connectivity index (χ1v) is 11.1. The van der Waals surface area contributed by atoms with Crippen molar-refractivity contribution in [2.75, 3.05) is 13.2 Å². The quantitative estimate of drug-likeness (QED) is 0.183. The summed E-state index contributed by atoms with van der Waals surface area (Å²) in [7, 11) is 0. The molecule has 3 rings (SSSR count). The number of guanidine groups is 1. The predicted octanol–water partition coefficient (Wildman–Crippen LogP) is 4.25. The van der Waals surface area contributed by atoms with Gasteiger partial charge in [0.15, 0.2) is 5.96 Å². The molecule has 1 aromatic carbocycles. The fourth-order valence-corrected chi connectivity index (χ4v) is 3.98. The lowest BCUT2D eigenvalue weighted by Gasteiger charge is -2.16. The van der Waals surface area contributed by atoms with Gasteiger partial charge >= 0.3 is 5.97 Å². The molecule has 32 heavy (non-hydrogen) atoms. The maximum absolute atomic E-state index is 12.1. The number of thiazole rings is 1. The SMILES string of the molecule is CCNC(=NCc1ccccc1-n1cccn1)NC(C)c1nc(C)c(C(=O)OCC)s1.I. The first-order chi connectivity index (χ1) is 15.0. The van der Waals surface area contributed by atoms with Crippen molar-refractivity contribution in [2.24, 2.45) is 4.99 Å². The highest BCUT2D eigenvalue weighted by atomic mass is 127. The Labute approximate surface area is 209 Å². The summed E-state index contributed by atoms with van der Waals surface area (Å²) in [6, 6.07) is 9.83. The molecule has 2 aromatic heterocycles. The second kappa shape index (κ2) is 12.5. The Morgan fingerprint density at radius 2 is 2.06 bits per heavy atom. The summed E-state index contributed by atoms with van der Waals surface area (Å²) < 4.78 is 6.96. The number of halogens is 1. The lowest BCUT2D eigenvalue weighted by molar-refractivity contribution is 0.0531. The van der Waals surface area contributed by atoms with Crippen LogP contribution in [0.15, 0.2) is 47.7 Å². The first kappa shape index (κ1) is 25.8. The van der Waals surface area contributed by atoms with Gasteiger partial charge in [-0.2, -0.15) is 5.10 Å². The largest absolute Gasteiger partial charge is 0.462 e. The number of nitrogens with one attached hydrogen (secondary N) is 2. The molecule has 0 saturated carbocycles. The molecule has 0 aliphatic rings. The van der Waals surface area contributed by atoms with Crippen LogP contribution in [0.5, 0.6) is 0 Å². The van der Waals surface area contributed by atoms with E-state index in [0.717, 1.165) is 22.8 Å². The molecule has 2 heterocycles. The maximum atomic E-state index is 12.1. The number of ether oxygens (including phenoxy) is 1. The van der Waals surface area contributed by atoms with Gasteiger partial charge in [0.05, 0.1) is 30.6 Å². The smallest absolute Gasteiger partial charge is 0.350 e. The molecular weight excluding hydrogens is 539 g/mol. The van der Waals surface area contributed by atoms with Gasteiger partial charge in [-0.05, 0) is 45.4 Å². The zero-order valence-corrected chi connectivity index (χ0v) is 21.8. The lowest BCUT2D eigenvalue weighted by atomic mass is 10.2. The number of carbonyl (C=O) groups excluding carboxylic acids is 1. The van der Waals surface area contributed by atoms with Crippen molar-refractivity contribution < 1.29 is 9.53 Å². The van der Waals surface area contributed by atoms with Crippen molar-refractivity contribution in [2.45, 2.75) is 40.3 Å². The van der Waals surface area contributed by atoms with Gasteiger partial charge in [-0.25, -0.2) is 19.5 Å². The van der Waals surface area contributed by atoms with Crippen LogP contribution in [0, 0.1) is 6.92 Å². The van der Waals surface area contributed by atoms with Crippen molar-refractivity contribution in [3.63, 3.8) is 0 Å². The average molecular weight is 568 g/mol. The fraction of sp³-hybridized carbons (Fsp3) is 0.364. The standard InChI is InChI=1S/C22H28N6O2S.HI/c1-5-23-22(24-14-17-10-7-8-11-18(17)28-13-9-12-25-28)27-16(4)20-26-15(3)19(31-20)21(29)30-6-2;/h7-13,16H,5-6,14H2,1-4H3,(H2,23,24,27);1H. The van der Waals surface area contributed by atoms with Gasteiger partial charge in [0, 0.05) is 18.9 Å². The minimum Gasteiger partial charge on any atom is -0.462 e. The molecule has 0 bridgehead atoms. The zero-order chi connectivity index (χ0) is 22.2. The predicted molar refractivity (Wildman–Crippen MR) is 138 cm³/mol.